The molecule has 1 unspecified atom stereocenters. The van der Waals surface area contributed by atoms with Crippen LogP contribution in [0.3, 0.4) is 0 Å². The Morgan fingerprint density at radius 1 is 1.19 bits per heavy atom. The minimum Gasteiger partial charge on any atom is -0.507 e. The van der Waals surface area contributed by atoms with Gasteiger partial charge in [-0.05, 0) is 56.5 Å². The van der Waals surface area contributed by atoms with Gasteiger partial charge in [-0.3, -0.25) is 9.69 Å². The molecular weight excluding hydrogens is 423 g/mol. The first-order valence-corrected chi connectivity index (χ1v) is 10.5. The van der Waals surface area contributed by atoms with Crippen molar-refractivity contribution in [2.45, 2.75) is 39.4 Å². The van der Waals surface area contributed by atoms with Gasteiger partial charge >= 0.3 is 6.18 Å². The summed E-state index contributed by atoms with van der Waals surface area (Å²) in [6.07, 6.45) is -2.93. The topological polar surface area (TPSA) is 62.9 Å². The van der Waals surface area contributed by atoms with Gasteiger partial charge in [0.1, 0.15) is 17.1 Å². The van der Waals surface area contributed by atoms with Crippen LogP contribution in [0.1, 0.15) is 36.7 Å². The molecule has 3 aromatic rings. The first-order chi connectivity index (χ1) is 15.1. The number of fused-ring (bicyclic) bond motifs is 1. The number of halogens is 3. The zero-order chi connectivity index (χ0) is 23.0. The van der Waals surface area contributed by atoms with Crippen molar-refractivity contribution in [3.63, 3.8) is 0 Å². The van der Waals surface area contributed by atoms with Gasteiger partial charge in [-0.1, -0.05) is 24.6 Å². The Morgan fingerprint density at radius 2 is 1.91 bits per heavy atom. The van der Waals surface area contributed by atoms with Crippen LogP contribution in [0.15, 0.2) is 45.6 Å². The summed E-state index contributed by atoms with van der Waals surface area (Å²) in [6, 6.07) is 8.88. The fourth-order valence-corrected chi connectivity index (χ4v) is 4.10. The van der Waals surface area contributed by atoms with Crippen LogP contribution in [0.4, 0.5) is 13.2 Å². The maximum Gasteiger partial charge on any atom is 0.453 e. The number of likely N-dealkylation sites (tertiary alicyclic amines) is 1. The fraction of sp³-hybridized carbons (Fsp3) is 0.375. The fourth-order valence-electron chi connectivity index (χ4n) is 4.10. The zero-order valence-electron chi connectivity index (χ0n) is 17.8. The van der Waals surface area contributed by atoms with E-state index in [4.69, 9.17) is 9.15 Å². The minimum absolute atomic E-state index is 0.0713. The molecule has 0 spiro atoms. The quantitative estimate of drug-likeness (QED) is 0.544. The lowest BCUT2D eigenvalue weighted by atomic mass is 9.99. The maximum atomic E-state index is 13.9. The molecule has 0 amide bonds. The van der Waals surface area contributed by atoms with Crippen LogP contribution in [-0.4, -0.2) is 23.1 Å². The molecule has 1 N–H and O–H groups in total. The number of rotatable bonds is 4. The molecule has 1 aliphatic heterocycles. The van der Waals surface area contributed by atoms with Crippen molar-refractivity contribution >= 4 is 11.0 Å². The van der Waals surface area contributed by atoms with Crippen molar-refractivity contribution in [1.29, 1.82) is 0 Å². The van der Waals surface area contributed by atoms with Gasteiger partial charge in [-0.2, -0.15) is 13.2 Å². The van der Waals surface area contributed by atoms with E-state index in [1.807, 2.05) is 11.8 Å². The van der Waals surface area contributed by atoms with Crippen LogP contribution in [0.5, 0.6) is 17.2 Å². The highest BCUT2D eigenvalue weighted by Crippen LogP contribution is 2.40. The number of ether oxygens (including phenoxy) is 1. The van der Waals surface area contributed by atoms with E-state index in [2.05, 4.69) is 6.92 Å². The van der Waals surface area contributed by atoms with Gasteiger partial charge in [0.05, 0.1) is 10.9 Å². The Kier molecular flexibility index (Phi) is 5.90. The highest BCUT2D eigenvalue weighted by Gasteiger charge is 2.41. The Morgan fingerprint density at radius 3 is 2.56 bits per heavy atom. The van der Waals surface area contributed by atoms with Crippen LogP contribution in [-0.2, 0) is 12.7 Å². The molecule has 8 heteroatoms. The maximum absolute atomic E-state index is 13.9. The monoisotopic (exact) mass is 447 g/mol. The van der Waals surface area contributed by atoms with E-state index in [1.54, 1.807) is 12.1 Å². The van der Waals surface area contributed by atoms with Crippen molar-refractivity contribution in [2.24, 2.45) is 5.92 Å². The molecule has 1 atom stereocenters. The van der Waals surface area contributed by atoms with Gasteiger partial charge in [0.2, 0.25) is 11.2 Å². The molecule has 0 radical (unpaired) electrons. The minimum atomic E-state index is -4.96. The Balaban J connectivity index is 1.85. The lowest BCUT2D eigenvalue weighted by molar-refractivity contribution is -0.154. The second-order valence-corrected chi connectivity index (χ2v) is 8.42. The van der Waals surface area contributed by atoms with Crippen LogP contribution in [0.2, 0.25) is 0 Å². The van der Waals surface area contributed by atoms with E-state index < -0.39 is 23.1 Å². The van der Waals surface area contributed by atoms with Gasteiger partial charge in [-0.25, -0.2) is 0 Å². The highest BCUT2D eigenvalue weighted by molar-refractivity contribution is 5.83. The number of phenolic OH excluding ortho intramolecular Hbond substituents is 1. The van der Waals surface area contributed by atoms with Gasteiger partial charge in [0.25, 0.3) is 5.76 Å². The van der Waals surface area contributed by atoms with Crippen molar-refractivity contribution < 1.29 is 27.4 Å². The number of phenols is 1. The molecule has 5 nitrogen and oxygen atoms in total. The van der Waals surface area contributed by atoms with Crippen molar-refractivity contribution in [3.05, 3.63) is 63.5 Å². The Hall–Kier alpha value is -3.00. The van der Waals surface area contributed by atoms with Crippen molar-refractivity contribution in [2.75, 3.05) is 13.1 Å². The van der Waals surface area contributed by atoms with Gasteiger partial charge in [0.15, 0.2) is 0 Å². The molecule has 170 valence electrons. The predicted molar refractivity (Wildman–Crippen MR) is 114 cm³/mol. The molecular formula is C24H24F3NO4. The average Bonchev–Trinajstić information content (AvgIpc) is 2.72. The average molecular weight is 447 g/mol. The molecule has 0 aliphatic carbocycles. The van der Waals surface area contributed by atoms with E-state index in [-0.39, 0.29) is 34.6 Å². The summed E-state index contributed by atoms with van der Waals surface area (Å²) in [5.41, 5.74) is -0.142. The number of benzene rings is 2. The molecule has 1 fully saturated rings. The second kappa shape index (κ2) is 8.50. The van der Waals surface area contributed by atoms with E-state index in [1.165, 1.54) is 24.3 Å². The first kappa shape index (κ1) is 22.2. The third kappa shape index (κ3) is 4.46. The molecule has 2 aromatic carbocycles. The molecule has 1 aliphatic rings. The largest absolute Gasteiger partial charge is 0.507 e. The molecule has 0 saturated carbocycles. The summed E-state index contributed by atoms with van der Waals surface area (Å²) in [5.74, 6) is -2.12. The van der Waals surface area contributed by atoms with E-state index in [9.17, 15) is 23.1 Å². The lowest BCUT2D eigenvalue weighted by Gasteiger charge is -2.31. The molecule has 1 saturated heterocycles. The molecule has 0 bridgehead atoms. The number of alkyl halides is 3. The van der Waals surface area contributed by atoms with E-state index in [0.717, 1.165) is 31.5 Å². The molecule has 1 aromatic heterocycles. The summed E-state index contributed by atoms with van der Waals surface area (Å²) in [5, 5.41) is 10.3. The first-order valence-electron chi connectivity index (χ1n) is 10.5. The molecule has 2 heterocycles. The smallest absolute Gasteiger partial charge is 0.453 e. The predicted octanol–water partition coefficient (Wildman–Crippen LogP) is 5.85. The standard InChI is InChI=1S/C24H24F3NO4/c1-14-5-7-16(8-6-14)31-22-20(30)17-9-10-19(29)18(13-28-11-3-4-15(2)12-28)21(17)32-23(22)24(25,26)27/h5-10,15,29H,3-4,11-13H2,1-2H3. The number of aromatic hydroxyl groups is 1. The number of hydrogen-bond donors (Lipinski definition) is 1. The van der Waals surface area contributed by atoms with Crippen LogP contribution >= 0.6 is 0 Å². The van der Waals surface area contributed by atoms with Crippen LogP contribution in [0.25, 0.3) is 11.0 Å². The highest BCUT2D eigenvalue weighted by atomic mass is 19.4. The Labute approximate surface area is 183 Å². The summed E-state index contributed by atoms with van der Waals surface area (Å²) >= 11 is 0. The van der Waals surface area contributed by atoms with Gasteiger partial charge < -0.3 is 14.3 Å². The lowest BCUT2D eigenvalue weighted by Crippen LogP contribution is -2.33. The number of aryl methyl sites for hydroxylation is 1. The van der Waals surface area contributed by atoms with Crippen LogP contribution in [0, 0.1) is 12.8 Å². The third-order valence-electron chi connectivity index (χ3n) is 5.72. The van der Waals surface area contributed by atoms with Crippen molar-refractivity contribution in [3.8, 4) is 17.2 Å². The van der Waals surface area contributed by atoms with Crippen molar-refractivity contribution in [1.82, 2.24) is 4.90 Å². The summed E-state index contributed by atoms with van der Waals surface area (Å²) in [7, 11) is 0. The van der Waals surface area contributed by atoms with Gasteiger partial charge in [0, 0.05) is 13.1 Å². The SMILES string of the molecule is Cc1ccc(Oc2c(C(F)(F)F)oc3c(CN4CCCC(C)C4)c(O)ccc3c2=O)cc1. The van der Waals surface area contributed by atoms with E-state index >= 15 is 0 Å². The molecule has 4 rings (SSSR count). The Bertz CT molecular complexity index is 1190. The van der Waals surface area contributed by atoms with Gasteiger partial charge in [-0.15, -0.1) is 0 Å². The summed E-state index contributed by atoms with van der Waals surface area (Å²) in [6.45, 7) is 5.62. The second-order valence-electron chi connectivity index (χ2n) is 8.42. The zero-order valence-corrected chi connectivity index (χ0v) is 17.8. The molecule has 32 heavy (non-hydrogen) atoms. The van der Waals surface area contributed by atoms with Crippen LogP contribution < -0.4 is 10.2 Å². The number of hydrogen-bond acceptors (Lipinski definition) is 5. The number of nitrogens with zero attached hydrogens (tertiary/aromatic N) is 1. The van der Waals surface area contributed by atoms with E-state index in [0.29, 0.717) is 5.92 Å². The normalized spacial score (nSPS) is 17.6. The summed E-state index contributed by atoms with van der Waals surface area (Å²) in [4.78, 5) is 15.1. The third-order valence-corrected chi connectivity index (χ3v) is 5.72. The summed E-state index contributed by atoms with van der Waals surface area (Å²) < 4.78 is 52.3. The number of piperidine rings is 1.